The molecule has 0 aliphatic carbocycles. The van der Waals surface area contributed by atoms with E-state index in [0.29, 0.717) is 56.9 Å². The Morgan fingerprint density at radius 1 is 0.774 bits per heavy atom. The highest BCUT2D eigenvalue weighted by Crippen LogP contribution is 2.33. The summed E-state index contributed by atoms with van der Waals surface area (Å²) in [5.41, 5.74) is 14.5. The van der Waals surface area contributed by atoms with Crippen molar-refractivity contribution in [3.05, 3.63) is 87.0 Å². The molecule has 5 N–H and O–H groups in total. The maximum atomic E-state index is 12.9. The Bertz CT molecular complexity index is 2530. The molecular weight excluding hydrogens is 693 g/mol. The van der Waals surface area contributed by atoms with E-state index in [9.17, 15) is 18.0 Å². The third-order valence-corrected chi connectivity index (χ3v) is 10.3. The summed E-state index contributed by atoms with van der Waals surface area (Å²) in [6, 6.07) is 12.3. The quantitative estimate of drug-likeness (QED) is 0.139. The smallest absolute Gasteiger partial charge is 0.260 e. The van der Waals surface area contributed by atoms with Gasteiger partial charge in [-0.2, -0.15) is 0 Å². The van der Waals surface area contributed by atoms with Gasteiger partial charge in [-0.05, 0) is 79.6 Å². The first-order chi connectivity index (χ1) is 25.0. The summed E-state index contributed by atoms with van der Waals surface area (Å²) in [7, 11) is -1.91. The van der Waals surface area contributed by atoms with Crippen molar-refractivity contribution >= 4 is 53.2 Å². The first kappa shape index (κ1) is 39.4. The predicted molar refractivity (Wildman–Crippen MR) is 213 cm³/mol. The zero-order chi connectivity index (χ0) is 38.8. The average molecular weight is 743 g/mol. The highest BCUT2D eigenvalue weighted by Gasteiger charge is 2.21. The largest absolute Gasteiger partial charge is 0.492 e. The molecule has 0 aliphatic rings. The fourth-order valence-electron chi connectivity index (χ4n) is 6.74. The van der Waals surface area contributed by atoms with E-state index in [2.05, 4.69) is 42.6 Å². The molecule has 0 aliphatic heterocycles. The number of aromatic amines is 1. The van der Waals surface area contributed by atoms with Crippen LogP contribution in [0.1, 0.15) is 51.9 Å². The molecular formula is C40H50N6O6S. The number of nitrogens with one attached hydrogen (secondary N) is 1. The maximum Gasteiger partial charge on any atom is 0.260 e. The van der Waals surface area contributed by atoms with Crippen LogP contribution in [-0.4, -0.2) is 59.5 Å². The van der Waals surface area contributed by atoms with Gasteiger partial charge < -0.3 is 30.5 Å². The summed E-state index contributed by atoms with van der Waals surface area (Å²) in [5, 5.41) is 4.33. The molecule has 0 unspecified atom stereocenters. The molecule has 13 heteroatoms. The second-order valence-electron chi connectivity index (χ2n) is 14.7. The van der Waals surface area contributed by atoms with E-state index in [1.165, 1.54) is 4.57 Å². The summed E-state index contributed by atoms with van der Waals surface area (Å²) in [6.07, 6.45) is 6.17. The molecule has 0 saturated heterocycles. The molecule has 12 nitrogen and oxygen atoms in total. The molecule has 0 bridgehead atoms. The number of hydrogen-bond acceptors (Lipinski definition) is 10. The van der Waals surface area contributed by atoms with E-state index in [0.717, 1.165) is 41.1 Å². The summed E-state index contributed by atoms with van der Waals surface area (Å²) >= 11 is 0. The van der Waals surface area contributed by atoms with Crippen molar-refractivity contribution < 1.29 is 17.9 Å². The Morgan fingerprint density at radius 3 is 1.92 bits per heavy atom. The van der Waals surface area contributed by atoms with Gasteiger partial charge in [0.05, 0.1) is 33.2 Å². The molecule has 4 aromatic heterocycles. The fourth-order valence-corrected chi connectivity index (χ4v) is 7.56. The van der Waals surface area contributed by atoms with Gasteiger partial charge in [0.1, 0.15) is 29.6 Å². The maximum absolute atomic E-state index is 12.9. The first-order valence-electron chi connectivity index (χ1n) is 17.8. The van der Waals surface area contributed by atoms with Gasteiger partial charge in [0.2, 0.25) is 0 Å². The Balaban J connectivity index is 0.000000208. The van der Waals surface area contributed by atoms with Gasteiger partial charge >= 0.3 is 0 Å². The highest BCUT2D eigenvalue weighted by atomic mass is 32.2. The van der Waals surface area contributed by atoms with E-state index >= 15 is 0 Å². The lowest BCUT2D eigenvalue weighted by Crippen LogP contribution is -2.29. The minimum Gasteiger partial charge on any atom is -0.492 e. The van der Waals surface area contributed by atoms with Gasteiger partial charge in [-0.3, -0.25) is 19.6 Å². The van der Waals surface area contributed by atoms with Crippen LogP contribution in [0, 0.1) is 25.7 Å². The summed E-state index contributed by atoms with van der Waals surface area (Å²) in [5.74, 6) is 1.87. The summed E-state index contributed by atoms with van der Waals surface area (Å²) < 4.78 is 38.1. The number of sulfone groups is 1. The molecule has 2 aromatic carbocycles. The van der Waals surface area contributed by atoms with E-state index in [4.69, 9.17) is 20.9 Å². The number of nitrogens with two attached hydrogens (primary N) is 2. The zero-order valence-corrected chi connectivity index (χ0v) is 32.5. The SMILES string of the molecule is Cc1nccc2c1c(=O)[nH]c1cc(OC[C@@H](N)CC(C)C)ccc12.Cc1nccc2c1c(=O)n(C)c1cc(OC[C@@H](N)CC(C)C)c(S(C)(=O)=O)cc21. The first-order valence-corrected chi connectivity index (χ1v) is 19.7. The molecule has 0 radical (unpaired) electrons. The minimum absolute atomic E-state index is 0.00470. The van der Waals surface area contributed by atoms with Crippen molar-refractivity contribution in [2.24, 2.45) is 30.4 Å². The minimum atomic E-state index is -3.57. The molecule has 0 saturated carbocycles. The molecule has 6 rings (SSSR count). The number of rotatable bonds is 11. The molecule has 0 fully saturated rings. The zero-order valence-electron chi connectivity index (χ0n) is 31.7. The number of nitrogens with zero attached hydrogens (tertiary/aromatic N) is 3. The summed E-state index contributed by atoms with van der Waals surface area (Å²) in [6.45, 7) is 12.7. The number of benzene rings is 2. The van der Waals surface area contributed by atoms with E-state index < -0.39 is 9.84 Å². The fraction of sp³-hybridized carbons (Fsp3) is 0.400. The molecule has 0 spiro atoms. The molecule has 53 heavy (non-hydrogen) atoms. The number of aromatic nitrogens is 4. The lowest BCUT2D eigenvalue weighted by molar-refractivity contribution is 0.265. The Morgan fingerprint density at radius 2 is 1.34 bits per heavy atom. The van der Waals surface area contributed by atoms with Crippen molar-refractivity contribution in [1.82, 2.24) is 19.5 Å². The number of aryl methyl sites for hydroxylation is 3. The van der Waals surface area contributed by atoms with Crippen molar-refractivity contribution in [3.8, 4) is 11.5 Å². The molecule has 0 amide bonds. The normalized spacial score (nSPS) is 13.1. The van der Waals surface area contributed by atoms with E-state index in [1.54, 1.807) is 44.6 Å². The third-order valence-electron chi connectivity index (χ3n) is 9.13. The van der Waals surface area contributed by atoms with Crippen molar-refractivity contribution in [3.63, 3.8) is 0 Å². The third kappa shape index (κ3) is 8.86. The van der Waals surface area contributed by atoms with Crippen molar-refractivity contribution in [1.29, 1.82) is 0 Å². The number of hydrogen-bond donors (Lipinski definition) is 3. The molecule has 6 aromatic rings. The molecule has 4 heterocycles. The second-order valence-corrected chi connectivity index (χ2v) is 16.6. The van der Waals surface area contributed by atoms with Crippen molar-refractivity contribution in [2.45, 2.75) is 71.4 Å². The number of pyridine rings is 4. The summed E-state index contributed by atoms with van der Waals surface area (Å²) in [4.78, 5) is 36.7. The van der Waals surface area contributed by atoms with Crippen LogP contribution >= 0.6 is 0 Å². The van der Waals surface area contributed by atoms with Crippen LogP contribution in [0.3, 0.4) is 0 Å². The number of H-pyrrole nitrogens is 1. The number of ether oxygens (including phenoxy) is 2. The van der Waals surface area contributed by atoms with Gasteiger partial charge in [-0.15, -0.1) is 0 Å². The van der Waals surface area contributed by atoms with E-state index in [-0.39, 0.29) is 40.5 Å². The number of fused-ring (bicyclic) bond motifs is 6. The predicted octanol–water partition coefficient (Wildman–Crippen LogP) is 5.69. The van der Waals surface area contributed by atoms with Crippen molar-refractivity contribution in [2.75, 3.05) is 19.5 Å². The Labute approximate surface area is 309 Å². The van der Waals surface area contributed by atoms with E-state index in [1.807, 2.05) is 31.2 Å². The highest BCUT2D eigenvalue weighted by molar-refractivity contribution is 7.90. The van der Waals surface area contributed by atoms with Crippen LogP contribution in [-0.2, 0) is 16.9 Å². The topological polar surface area (TPSA) is 185 Å². The van der Waals surface area contributed by atoms with Gasteiger partial charge in [-0.1, -0.05) is 27.7 Å². The van der Waals surface area contributed by atoms with Crippen LogP contribution in [0.4, 0.5) is 0 Å². The van der Waals surface area contributed by atoms with Crippen LogP contribution in [0.25, 0.3) is 43.4 Å². The van der Waals surface area contributed by atoms with Gasteiger partial charge in [-0.25, -0.2) is 8.42 Å². The van der Waals surface area contributed by atoms with Crippen LogP contribution in [0.2, 0.25) is 0 Å². The second kappa shape index (κ2) is 16.0. The van der Waals surface area contributed by atoms with Crippen LogP contribution < -0.4 is 32.1 Å². The van der Waals surface area contributed by atoms with Gasteiger partial charge in [0.25, 0.3) is 11.1 Å². The molecule has 282 valence electrons. The monoisotopic (exact) mass is 742 g/mol. The Hall–Kier alpha value is -4.85. The lowest BCUT2D eigenvalue weighted by Gasteiger charge is -2.18. The lowest BCUT2D eigenvalue weighted by atomic mass is 10.0. The van der Waals surface area contributed by atoms with Crippen LogP contribution in [0.5, 0.6) is 11.5 Å². The standard InChI is InChI=1S/C21H27N3O4S.C19H23N3O2/c1-12(2)8-14(22)11-28-18-10-17-16(9-19(18)29(5,26)27)15-6-7-23-13(3)20(15)21(25)24(17)4;1-11(2)8-13(20)10-24-14-4-5-15-16-6-7-21-12(3)18(16)19(23)22-17(15)9-14/h6-7,9-10,12,14H,8,11,22H2,1-5H3;4-7,9,11,13H,8,10,20H2,1-3H3,(H,22,23)/t14-;13-/m00/s1. The molecule has 2 atom stereocenters. The Kier molecular flexibility index (Phi) is 11.9. The van der Waals surface area contributed by atoms with Crippen LogP contribution in [0.15, 0.2) is 69.3 Å². The van der Waals surface area contributed by atoms with Gasteiger partial charge in [0, 0.05) is 60.7 Å². The van der Waals surface area contributed by atoms with Gasteiger partial charge in [0.15, 0.2) is 9.84 Å². The average Bonchev–Trinajstić information content (AvgIpc) is 3.07.